The first-order valence-corrected chi connectivity index (χ1v) is 15.5. The van der Waals surface area contributed by atoms with Crippen molar-refractivity contribution >= 4 is 68.4 Å². The van der Waals surface area contributed by atoms with Crippen molar-refractivity contribution in [3.8, 4) is 5.75 Å². The Hall–Kier alpha value is -5.69. The summed E-state index contributed by atoms with van der Waals surface area (Å²) in [7, 11) is 3.23. The predicted molar refractivity (Wildman–Crippen MR) is 186 cm³/mol. The molecule has 0 atom stereocenters. The second kappa shape index (κ2) is 16.7. The Morgan fingerprint density at radius 2 is 1.40 bits per heavy atom. The van der Waals surface area contributed by atoms with E-state index in [0.29, 0.717) is 28.3 Å². The minimum Gasteiger partial charge on any atom is -0.484 e. The number of carbonyl (C=O) groups is 5. The Morgan fingerprint density at radius 1 is 0.729 bits per heavy atom. The van der Waals surface area contributed by atoms with Crippen molar-refractivity contribution in [3.05, 3.63) is 113 Å². The minimum absolute atomic E-state index is 0.214. The van der Waals surface area contributed by atoms with Crippen LogP contribution in [0.5, 0.6) is 5.75 Å². The van der Waals surface area contributed by atoms with E-state index < -0.39 is 30.4 Å². The molecule has 3 N–H and O–H groups in total. The number of anilines is 4. The van der Waals surface area contributed by atoms with Crippen molar-refractivity contribution in [2.45, 2.75) is 6.42 Å². The lowest BCUT2D eigenvalue weighted by Crippen LogP contribution is -2.46. The first-order valence-electron chi connectivity index (χ1n) is 14.7. The van der Waals surface area contributed by atoms with Crippen LogP contribution in [-0.2, 0) is 25.6 Å². The van der Waals surface area contributed by atoms with E-state index in [1.807, 2.05) is 18.2 Å². The van der Waals surface area contributed by atoms with Gasteiger partial charge in [0.15, 0.2) is 6.61 Å². The highest BCUT2D eigenvalue weighted by atomic mass is 79.9. The third kappa shape index (κ3) is 10.2. The molecule has 48 heavy (non-hydrogen) atoms. The van der Waals surface area contributed by atoms with E-state index in [1.54, 1.807) is 86.9 Å². The summed E-state index contributed by atoms with van der Waals surface area (Å²) in [5.41, 5.74) is 2.45. The Morgan fingerprint density at radius 3 is 2.12 bits per heavy atom. The molecule has 4 aromatic carbocycles. The maximum atomic E-state index is 13.6. The molecule has 0 fully saturated rings. The number of carboxylic acid groups (broad SMARTS) is 1. The zero-order chi connectivity index (χ0) is 34.6. The van der Waals surface area contributed by atoms with Gasteiger partial charge in [-0.1, -0.05) is 58.4 Å². The summed E-state index contributed by atoms with van der Waals surface area (Å²) in [5.74, 6) is -2.02. The maximum Gasteiger partial charge on any atom is 0.319 e. The van der Waals surface area contributed by atoms with Gasteiger partial charge in [0.1, 0.15) is 12.3 Å². The van der Waals surface area contributed by atoms with Gasteiger partial charge >= 0.3 is 12.0 Å². The van der Waals surface area contributed by atoms with Gasteiger partial charge in [-0.05, 0) is 60.2 Å². The molecule has 0 unspecified atom stereocenters. The lowest BCUT2D eigenvalue weighted by molar-refractivity contribution is -0.136. The molecule has 0 bridgehead atoms. The molecule has 0 spiro atoms. The number of carboxylic acids is 1. The number of nitrogens with one attached hydrogen (secondary N) is 2. The van der Waals surface area contributed by atoms with E-state index >= 15 is 0 Å². The van der Waals surface area contributed by atoms with Crippen molar-refractivity contribution in [2.24, 2.45) is 0 Å². The number of ether oxygens (including phenoxy) is 1. The molecule has 0 aliphatic heterocycles. The summed E-state index contributed by atoms with van der Waals surface area (Å²) in [6.45, 7) is -1.12. The summed E-state index contributed by atoms with van der Waals surface area (Å²) in [6.07, 6.45) is -0.214. The lowest BCUT2D eigenvalue weighted by Gasteiger charge is -2.26. The summed E-state index contributed by atoms with van der Waals surface area (Å²) >= 11 is 3.40. The molecule has 5 amide bonds. The molecule has 13 heteroatoms. The van der Waals surface area contributed by atoms with Crippen molar-refractivity contribution in [3.63, 3.8) is 0 Å². The molecule has 0 saturated carbocycles. The van der Waals surface area contributed by atoms with Gasteiger partial charge in [-0.3, -0.25) is 19.2 Å². The Bertz CT molecular complexity index is 1790. The van der Waals surface area contributed by atoms with E-state index in [1.165, 1.54) is 26.8 Å². The monoisotopic (exact) mass is 715 g/mol. The van der Waals surface area contributed by atoms with E-state index in [4.69, 9.17) is 9.84 Å². The molecule has 0 aliphatic rings. The molecule has 0 aliphatic carbocycles. The molecule has 0 radical (unpaired) electrons. The molecular formula is C35H34BrN5O7. The van der Waals surface area contributed by atoms with Gasteiger partial charge in [0.05, 0.1) is 13.0 Å². The average molecular weight is 717 g/mol. The van der Waals surface area contributed by atoms with Crippen LogP contribution < -0.4 is 30.1 Å². The number of hydrogen-bond donors (Lipinski definition) is 3. The Balaban J connectivity index is 1.47. The van der Waals surface area contributed by atoms with Crippen LogP contribution in [0.1, 0.15) is 5.56 Å². The second-order valence-corrected chi connectivity index (χ2v) is 11.5. The number of urea groups is 1. The molecule has 4 aromatic rings. The van der Waals surface area contributed by atoms with Crippen LogP contribution in [0.25, 0.3) is 0 Å². The van der Waals surface area contributed by atoms with Gasteiger partial charge in [-0.25, -0.2) is 4.79 Å². The van der Waals surface area contributed by atoms with E-state index in [-0.39, 0.29) is 31.2 Å². The fourth-order valence-corrected chi connectivity index (χ4v) is 4.92. The molecule has 12 nitrogen and oxygen atoms in total. The van der Waals surface area contributed by atoms with Crippen LogP contribution in [0.4, 0.5) is 27.5 Å². The number of nitrogens with zero attached hydrogens (tertiary/aromatic N) is 3. The van der Waals surface area contributed by atoms with Crippen molar-refractivity contribution in [1.82, 2.24) is 5.32 Å². The first kappa shape index (κ1) is 35.2. The van der Waals surface area contributed by atoms with Crippen LogP contribution in [0, 0.1) is 0 Å². The number of halogens is 1. The minimum atomic E-state index is -1.01. The van der Waals surface area contributed by atoms with E-state index in [2.05, 4.69) is 26.6 Å². The van der Waals surface area contributed by atoms with Crippen molar-refractivity contribution < 1.29 is 33.8 Å². The van der Waals surface area contributed by atoms with Gasteiger partial charge in [0, 0.05) is 47.4 Å². The van der Waals surface area contributed by atoms with Gasteiger partial charge in [0.2, 0.25) is 11.8 Å². The highest BCUT2D eigenvalue weighted by Crippen LogP contribution is 2.24. The number of para-hydroxylation sites is 1. The number of aliphatic carboxylic acids is 1. The second-order valence-electron chi connectivity index (χ2n) is 10.6. The van der Waals surface area contributed by atoms with Crippen LogP contribution >= 0.6 is 15.9 Å². The Labute approximate surface area is 286 Å². The zero-order valence-corrected chi connectivity index (χ0v) is 27.8. The molecule has 0 heterocycles. The highest BCUT2D eigenvalue weighted by Gasteiger charge is 2.23. The van der Waals surface area contributed by atoms with E-state index in [9.17, 15) is 24.0 Å². The lowest BCUT2D eigenvalue weighted by atomic mass is 10.1. The SMILES string of the molecule is CN(C(=O)COc1cccc(N(CC(=O)N(C)c2ccccc2)C(=O)CNC(=O)Nc2cccc(CC(=O)O)c2)c1)c1cccc(Br)c1. The standard InChI is InChI=1S/C35H34BrN5O7/c1-39(27-12-4-3-5-13-27)32(43)22-41(31(42)21-37-35(47)38-26-11-6-9-24(17-26)18-34(45)46)29-15-8-16-30(20-29)48-23-33(44)40(2)28-14-7-10-25(36)19-28/h3-17,19-20H,18,21-23H2,1-2H3,(H,45,46)(H2,37,38,47). The van der Waals surface area contributed by atoms with Crippen LogP contribution in [-0.4, -0.2) is 68.6 Å². The normalized spacial score (nSPS) is 10.4. The third-order valence-corrected chi connectivity index (χ3v) is 7.61. The molecular weight excluding hydrogens is 682 g/mol. The van der Waals surface area contributed by atoms with Gasteiger partial charge in [0.25, 0.3) is 5.91 Å². The number of likely N-dealkylation sites (N-methyl/N-ethyl adjacent to an activating group) is 2. The highest BCUT2D eigenvalue weighted by molar-refractivity contribution is 9.10. The Kier molecular flexibility index (Phi) is 12.3. The van der Waals surface area contributed by atoms with Crippen LogP contribution in [0.2, 0.25) is 0 Å². The summed E-state index contributed by atoms with van der Waals surface area (Å²) in [5, 5.41) is 14.1. The van der Waals surface area contributed by atoms with Gasteiger partial charge in [-0.2, -0.15) is 0 Å². The third-order valence-electron chi connectivity index (χ3n) is 7.11. The smallest absolute Gasteiger partial charge is 0.319 e. The fraction of sp³-hybridized carbons (Fsp3) is 0.171. The predicted octanol–water partition coefficient (Wildman–Crippen LogP) is 4.94. The number of amides is 5. The average Bonchev–Trinajstić information content (AvgIpc) is 3.08. The summed E-state index contributed by atoms with van der Waals surface area (Å²) in [4.78, 5) is 67.6. The fourth-order valence-electron chi connectivity index (χ4n) is 4.53. The molecule has 4 rings (SSSR count). The van der Waals surface area contributed by atoms with Crippen LogP contribution in [0.3, 0.4) is 0 Å². The maximum absolute atomic E-state index is 13.6. The van der Waals surface area contributed by atoms with Crippen molar-refractivity contribution in [2.75, 3.05) is 53.8 Å². The van der Waals surface area contributed by atoms with Crippen LogP contribution in [0.15, 0.2) is 108 Å². The quantitative estimate of drug-likeness (QED) is 0.178. The topological polar surface area (TPSA) is 149 Å². The van der Waals surface area contributed by atoms with E-state index in [0.717, 1.165) is 4.47 Å². The largest absolute Gasteiger partial charge is 0.484 e. The number of hydrogen-bond acceptors (Lipinski definition) is 6. The summed E-state index contributed by atoms with van der Waals surface area (Å²) in [6, 6.07) is 28.2. The molecule has 248 valence electrons. The number of benzene rings is 4. The first-order chi connectivity index (χ1) is 23.0. The summed E-state index contributed by atoms with van der Waals surface area (Å²) < 4.78 is 6.60. The number of rotatable bonds is 13. The number of carbonyl (C=O) groups excluding carboxylic acids is 4. The van der Waals surface area contributed by atoms with Gasteiger partial charge < -0.3 is 35.2 Å². The molecule has 0 saturated heterocycles. The van der Waals surface area contributed by atoms with Crippen molar-refractivity contribution in [1.29, 1.82) is 0 Å². The zero-order valence-electron chi connectivity index (χ0n) is 26.3. The van der Waals surface area contributed by atoms with Gasteiger partial charge in [-0.15, -0.1) is 0 Å². The molecule has 0 aromatic heterocycles.